The van der Waals surface area contributed by atoms with Crippen LogP contribution in [0.5, 0.6) is 0 Å². The van der Waals surface area contributed by atoms with Gasteiger partial charge in [0.15, 0.2) is 5.65 Å². The van der Waals surface area contributed by atoms with Crippen molar-refractivity contribution in [3.05, 3.63) is 82.5 Å². The SMILES string of the molecule is Clc1ccc(CNc2cc(-c3ccccc3)nc3ccnn23)c(Cl)c1. The molecule has 2 heterocycles. The average molecular weight is 369 g/mol. The van der Waals surface area contributed by atoms with Crippen LogP contribution < -0.4 is 5.32 Å². The van der Waals surface area contributed by atoms with Gasteiger partial charge >= 0.3 is 0 Å². The maximum absolute atomic E-state index is 6.26. The normalized spacial score (nSPS) is 11.0. The van der Waals surface area contributed by atoms with E-state index in [2.05, 4.69) is 15.4 Å². The van der Waals surface area contributed by atoms with Crippen molar-refractivity contribution >= 4 is 34.7 Å². The van der Waals surface area contributed by atoms with Crippen LogP contribution in [0.4, 0.5) is 5.82 Å². The van der Waals surface area contributed by atoms with E-state index in [1.807, 2.05) is 54.6 Å². The zero-order valence-corrected chi connectivity index (χ0v) is 14.7. The van der Waals surface area contributed by atoms with E-state index < -0.39 is 0 Å². The third-order valence-corrected chi connectivity index (χ3v) is 4.49. The van der Waals surface area contributed by atoms with Gasteiger partial charge in [0.25, 0.3) is 0 Å². The highest BCUT2D eigenvalue weighted by Gasteiger charge is 2.09. The molecule has 0 saturated heterocycles. The first-order valence-corrected chi connectivity index (χ1v) is 8.54. The Hall–Kier alpha value is -2.56. The van der Waals surface area contributed by atoms with E-state index in [1.165, 1.54) is 0 Å². The summed E-state index contributed by atoms with van der Waals surface area (Å²) in [6.45, 7) is 0.559. The lowest BCUT2D eigenvalue weighted by molar-refractivity contribution is 0.927. The van der Waals surface area contributed by atoms with Crippen LogP contribution in [0.2, 0.25) is 10.0 Å². The minimum atomic E-state index is 0.559. The monoisotopic (exact) mass is 368 g/mol. The van der Waals surface area contributed by atoms with Crippen LogP contribution in [-0.2, 0) is 6.54 Å². The van der Waals surface area contributed by atoms with E-state index in [-0.39, 0.29) is 0 Å². The molecule has 25 heavy (non-hydrogen) atoms. The molecule has 124 valence electrons. The molecule has 0 saturated carbocycles. The number of anilines is 1. The minimum Gasteiger partial charge on any atom is -0.366 e. The second-order valence-electron chi connectivity index (χ2n) is 5.58. The first kappa shape index (κ1) is 15.9. The summed E-state index contributed by atoms with van der Waals surface area (Å²) >= 11 is 12.2. The van der Waals surface area contributed by atoms with Crippen molar-refractivity contribution in [2.24, 2.45) is 0 Å². The Morgan fingerprint density at radius 3 is 2.60 bits per heavy atom. The lowest BCUT2D eigenvalue weighted by Gasteiger charge is -2.12. The fourth-order valence-corrected chi connectivity index (χ4v) is 3.12. The summed E-state index contributed by atoms with van der Waals surface area (Å²) in [6, 6.07) is 19.4. The van der Waals surface area contributed by atoms with Crippen molar-refractivity contribution in [1.82, 2.24) is 14.6 Å². The number of aromatic nitrogens is 3. The van der Waals surface area contributed by atoms with E-state index in [1.54, 1.807) is 16.8 Å². The number of rotatable bonds is 4. The van der Waals surface area contributed by atoms with Crippen LogP contribution >= 0.6 is 23.2 Å². The molecule has 6 heteroatoms. The molecular weight excluding hydrogens is 355 g/mol. The molecule has 0 aliphatic carbocycles. The molecule has 0 aliphatic heterocycles. The van der Waals surface area contributed by atoms with Gasteiger partial charge in [0.1, 0.15) is 5.82 Å². The molecular formula is C19H14Cl2N4. The molecule has 0 aliphatic rings. The molecule has 2 aromatic heterocycles. The van der Waals surface area contributed by atoms with Gasteiger partial charge in [-0.3, -0.25) is 0 Å². The molecule has 0 atom stereocenters. The lowest BCUT2D eigenvalue weighted by Crippen LogP contribution is -2.07. The molecule has 0 bridgehead atoms. The summed E-state index contributed by atoms with van der Waals surface area (Å²) in [5.74, 6) is 0.847. The van der Waals surface area contributed by atoms with E-state index in [9.17, 15) is 0 Å². The van der Waals surface area contributed by atoms with E-state index in [0.29, 0.717) is 16.6 Å². The molecule has 4 rings (SSSR count). The van der Waals surface area contributed by atoms with Gasteiger partial charge in [0.2, 0.25) is 0 Å². The summed E-state index contributed by atoms with van der Waals surface area (Å²) in [5.41, 5.74) is 3.69. The van der Waals surface area contributed by atoms with Crippen molar-refractivity contribution < 1.29 is 0 Å². The fraction of sp³-hybridized carbons (Fsp3) is 0.0526. The predicted molar refractivity (Wildman–Crippen MR) is 102 cm³/mol. The first-order chi connectivity index (χ1) is 12.2. The lowest BCUT2D eigenvalue weighted by atomic mass is 10.1. The number of nitrogens with zero attached hydrogens (tertiary/aromatic N) is 3. The van der Waals surface area contributed by atoms with E-state index >= 15 is 0 Å². The number of fused-ring (bicyclic) bond motifs is 1. The van der Waals surface area contributed by atoms with E-state index in [4.69, 9.17) is 23.2 Å². The van der Waals surface area contributed by atoms with Gasteiger partial charge in [-0.1, -0.05) is 59.6 Å². The predicted octanol–water partition coefficient (Wildman–Crippen LogP) is 5.32. The molecule has 1 N–H and O–H groups in total. The quantitative estimate of drug-likeness (QED) is 0.530. The average Bonchev–Trinajstić information content (AvgIpc) is 3.10. The Kier molecular flexibility index (Phi) is 4.30. The third kappa shape index (κ3) is 3.31. The van der Waals surface area contributed by atoms with Gasteiger partial charge in [-0.25, -0.2) is 4.98 Å². The summed E-state index contributed by atoms with van der Waals surface area (Å²) in [4.78, 5) is 4.67. The number of nitrogens with one attached hydrogen (secondary N) is 1. The summed E-state index contributed by atoms with van der Waals surface area (Å²) in [7, 11) is 0. The van der Waals surface area contributed by atoms with Gasteiger partial charge in [-0.15, -0.1) is 0 Å². The Morgan fingerprint density at radius 1 is 0.960 bits per heavy atom. The van der Waals surface area contributed by atoms with Crippen LogP contribution in [0.3, 0.4) is 0 Å². The number of benzene rings is 2. The Bertz CT molecular complexity index is 1030. The highest BCUT2D eigenvalue weighted by atomic mass is 35.5. The van der Waals surface area contributed by atoms with Gasteiger partial charge in [0.05, 0.1) is 11.9 Å². The second kappa shape index (κ2) is 6.75. The molecule has 0 unspecified atom stereocenters. The van der Waals surface area contributed by atoms with E-state index in [0.717, 1.165) is 28.3 Å². The van der Waals surface area contributed by atoms with Crippen LogP contribution in [0, 0.1) is 0 Å². The summed E-state index contributed by atoms with van der Waals surface area (Å²) in [6.07, 6.45) is 1.73. The number of halogens is 2. The van der Waals surface area contributed by atoms with Crippen LogP contribution in [0.25, 0.3) is 16.9 Å². The van der Waals surface area contributed by atoms with Crippen LogP contribution in [0.1, 0.15) is 5.56 Å². The number of hydrogen-bond acceptors (Lipinski definition) is 3. The summed E-state index contributed by atoms with van der Waals surface area (Å²) in [5, 5.41) is 8.99. The first-order valence-electron chi connectivity index (χ1n) is 7.79. The van der Waals surface area contributed by atoms with Gasteiger partial charge in [-0.05, 0) is 17.7 Å². The molecule has 4 nitrogen and oxygen atoms in total. The fourth-order valence-electron chi connectivity index (χ4n) is 2.65. The Labute approximate surface area is 155 Å². The molecule has 0 spiro atoms. The Morgan fingerprint density at radius 2 is 1.80 bits per heavy atom. The van der Waals surface area contributed by atoms with Gasteiger partial charge in [-0.2, -0.15) is 9.61 Å². The maximum Gasteiger partial charge on any atom is 0.157 e. The van der Waals surface area contributed by atoms with Crippen LogP contribution in [-0.4, -0.2) is 14.6 Å². The Balaban J connectivity index is 1.70. The molecule has 2 aromatic carbocycles. The third-order valence-electron chi connectivity index (χ3n) is 3.90. The molecule has 0 fully saturated rings. The van der Waals surface area contributed by atoms with Gasteiger partial charge < -0.3 is 5.32 Å². The van der Waals surface area contributed by atoms with Crippen molar-refractivity contribution in [3.8, 4) is 11.3 Å². The zero-order chi connectivity index (χ0) is 17.2. The topological polar surface area (TPSA) is 42.2 Å². The largest absolute Gasteiger partial charge is 0.366 e. The molecule has 0 radical (unpaired) electrons. The summed E-state index contributed by atoms with van der Waals surface area (Å²) < 4.78 is 1.77. The smallest absolute Gasteiger partial charge is 0.157 e. The van der Waals surface area contributed by atoms with Crippen molar-refractivity contribution in [3.63, 3.8) is 0 Å². The second-order valence-corrected chi connectivity index (χ2v) is 6.43. The van der Waals surface area contributed by atoms with Crippen molar-refractivity contribution in [2.45, 2.75) is 6.54 Å². The molecule has 0 amide bonds. The highest BCUT2D eigenvalue weighted by Crippen LogP contribution is 2.24. The maximum atomic E-state index is 6.26. The van der Waals surface area contributed by atoms with Crippen molar-refractivity contribution in [2.75, 3.05) is 5.32 Å². The standard InChI is InChI=1S/C19H14Cl2N4/c20-15-7-6-14(16(21)10-15)12-22-19-11-17(13-4-2-1-3-5-13)24-18-8-9-23-25(18)19/h1-11,22H,12H2. The minimum absolute atomic E-state index is 0.559. The van der Waals surface area contributed by atoms with Crippen molar-refractivity contribution in [1.29, 1.82) is 0 Å². The van der Waals surface area contributed by atoms with Crippen LogP contribution in [0.15, 0.2) is 66.9 Å². The zero-order valence-electron chi connectivity index (χ0n) is 13.2. The highest BCUT2D eigenvalue weighted by molar-refractivity contribution is 6.35. The van der Waals surface area contributed by atoms with Gasteiger partial charge in [0, 0.05) is 34.3 Å². The number of hydrogen-bond donors (Lipinski definition) is 1. The molecule has 4 aromatic rings.